The number of thioether (sulfide) groups is 1. The molecule has 18 heavy (non-hydrogen) atoms. The Morgan fingerprint density at radius 1 is 1.67 bits per heavy atom. The van der Waals surface area contributed by atoms with Gasteiger partial charge in [0.1, 0.15) is 12.4 Å². The zero-order valence-corrected chi connectivity index (χ0v) is 11.4. The number of amides is 1. The number of anilines is 1. The Bertz CT molecular complexity index is 407. The van der Waals surface area contributed by atoms with Crippen LogP contribution in [-0.2, 0) is 11.3 Å². The van der Waals surface area contributed by atoms with Gasteiger partial charge < -0.3 is 11.1 Å². The van der Waals surface area contributed by atoms with Crippen LogP contribution in [-0.4, -0.2) is 33.2 Å². The predicted octanol–water partition coefficient (Wildman–Crippen LogP) is 1.26. The average Bonchev–Trinajstić information content (AvgIpc) is 2.74. The lowest BCUT2D eigenvalue weighted by Crippen LogP contribution is -2.40. The molecular weight excluding hydrogens is 248 g/mol. The maximum atomic E-state index is 11.9. The van der Waals surface area contributed by atoms with E-state index in [4.69, 9.17) is 5.73 Å². The molecule has 6 heteroatoms. The summed E-state index contributed by atoms with van der Waals surface area (Å²) in [5, 5.41) is 7.78. The number of hydrogen-bond donors (Lipinski definition) is 2. The van der Waals surface area contributed by atoms with Gasteiger partial charge >= 0.3 is 0 Å². The summed E-state index contributed by atoms with van der Waals surface area (Å²) >= 11 is 1.90. The summed E-state index contributed by atoms with van der Waals surface area (Å²) in [4.78, 5) is 11.9. The molecule has 1 saturated carbocycles. The Morgan fingerprint density at radius 3 is 3.17 bits per heavy atom. The number of carbonyl (C=O) groups is 1. The molecule has 1 aromatic heterocycles. The molecule has 3 N–H and O–H groups in total. The van der Waals surface area contributed by atoms with E-state index in [-0.39, 0.29) is 12.5 Å². The molecular formula is C12H20N4OS. The van der Waals surface area contributed by atoms with Crippen molar-refractivity contribution < 1.29 is 4.79 Å². The highest BCUT2D eigenvalue weighted by Gasteiger charge is 2.22. The summed E-state index contributed by atoms with van der Waals surface area (Å²) in [7, 11) is 0. The van der Waals surface area contributed by atoms with E-state index in [9.17, 15) is 4.79 Å². The Labute approximate surface area is 111 Å². The van der Waals surface area contributed by atoms with Gasteiger partial charge in [0.2, 0.25) is 5.91 Å². The molecule has 0 bridgehead atoms. The number of carbonyl (C=O) groups excluding carboxylic acids is 1. The lowest BCUT2D eigenvalue weighted by Gasteiger charge is -2.28. The summed E-state index contributed by atoms with van der Waals surface area (Å²) in [6.45, 7) is 0.248. The van der Waals surface area contributed by atoms with Gasteiger partial charge in [-0.25, -0.2) is 0 Å². The van der Waals surface area contributed by atoms with E-state index < -0.39 is 0 Å². The Kier molecular flexibility index (Phi) is 4.52. The third kappa shape index (κ3) is 3.66. The van der Waals surface area contributed by atoms with E-state index in [1.807, 2.05) is 11.8 Å². The minimum absolute atomic E-state index is 0.0184. The highest BCUT2D eigenvalue weighted by Crippen LogP contribution is 2.26. The van der Waals surface area contributed by atoms with Crippen LogP contribution in [0, 0.1) is 0 Å². The van der Waals surface area contributed by atoms with Crippen LogP contribution in [0.25, 0.3) is 0 Å². The standard InChI is InChI=1S/C12H20N4OS/c1-18-10-4-2-3-9(7-10)14-12(17)8-16-6-5-11(13)15-16/h5-6,9-10H,2-4,7-8H2,1H3,(H2,13,15)(H,14,17). The molecule has 0 spiro atoms. The second-order valence-electron chi connectivity index (χ2n) is 4.73. The van der Waals surface area contributed by atoms with Crippen LogP contribution in [0.4, 0.5) is 5.82 Å². The fraction of sp³-hybridized carbons (Fsp3) is 0.667. The van der Waals surface area contributed by atoms with Crippen LogP contribution in [0.15, 0.2) is 12.3 Å². The van der Waals surface area contributed by atoms with Crippen molar-refractivity contribution in [2.45, 2.75) is 43.5 Å². The number of hydrogen-bond acceptors (Lipinski definition) is 4. The fourth-order valence-corrected chi connectivity index (χ4v) is 3.20. The van der Waals surface area contributed by atoms with Crippen molar-refractivity contribution in [3.05, 3.63) is 12.3 Å². The highest BCUT2D eigenvalue weighted by molar-refractivity contribution is 7.99. The lowest BCUT2D eigenvalue weighted by atomic mass is 9.95. The number of nitrogens with two attached hydrogens (primary N) is 1. The number of nitrogen functional groups attached to an aromatic ring is 1. The molecule has 1 aliphatic carbocycles. The molecule has 1 aliphatic rings. The highest BCUT2D eigenvalue weighted by atomic mass is 32.2. The van der Waals surface area contributed by atoms with E-state index in [2.05, 4.69) is 16.7 Å². The predicted molar refractivity (Wildman–Crippen MR) is 74.3 cm³/mol. The number of nitrogens with zero attached hydrogens (tertiary/aromatic N) is 2. The second kappa shape index (κ2) is 6.13. The molecule has 0 aromatic carbocycles. The van der Waals surface area contributed by atoms with Crippen LogP contribution < -0.4 is 11.1 Å². The smallest absolute Gasteiger partial charge is 0.241 e. The first-order valence-electron chi connectivity index (χ1n) is 6.28. The summed E-state index contributed by atoms with van der Waals surface area (Å²) < 4.78 is 1.57. The van der Waals surface area contributed by atoms with Crippen molar-refractivity contribution in [3.8, 4) is 0 Å². The van der Waals surface area contributed by atoms with E-state index in [0.717, 1.165) is 12.8 Å². The number of nitrogens with one attached hydrogen (secondary N) is 1. The molecule has 5 nitrogen and oxygen atoms in total. The SMILES string of the molecule is CSC1CCCC(NC(=O)Cn2ccc(N)n2)C1. The van der Waals surface area contributed by atoms with Crippen LogP contribution in [0.1, 0.15) is 25.7 Å². The number of aromatic nitrogens is 2. The van der Waals surface area contributed by atoms with Crippen LogP contribution in [0.3, 0.4) is 0 Å². The summed E-state index contributed by atoms with van der Waals surface area (Å²) in [5.74, 6) is 0.466. The maximum absolute atomic E-state index is 11.9. The molecule has 0 radical (unpaired) electrons. The van der Waals surface area contributed by atoms with E-state index in [1.54, 1.807) is 16.9 Å². The third-order valence-electron chi connectivity index (χ3n) is 3.29. The Morgan fingerprint density at radius 2 is 2.50 bits per heavy atom. The Balaban J connectivity index is 1.80. The average molecular weight is 268 g/mol. The molecule has 1 aromatic rings. The van der Waals surface area contributed by atoms with Crippen molar-refractivity contribution in [1.29, 1.82) is 0 Å². The summed E-state index contributed by atoms with van der Waals surface area (Å²) in [6.07, 6.45) is 8.49. The molecule has 1 fully saturated rings. The Hall–Kier alpha value is -1.17. The van der Waals surface area contributed by atoms with E-state index >= 15 is 0 Å². The second-order valence-corrected chi connectivity index (χ2v) is 5.87. The van der Waals surface area contributed by atoms with Crippen molar-refractivity contribution in [2.24, 2.45) is 0 Å². The van der Waals surface area contributed by atoms with Gasteiger partial charge in [0.25, 0.3) is 0 Å². The first-order chi connectivity index (χ1) is 8.67. The van der Waals surface area contributed by atoms with Crippen molar-refractivity contribution in [3.63, 3.8) is 0 Å². The van der Waals surface area contributed by atoms with Gasteiger partial charge in [-0.3, -0.25) is 9.48 Å². The van der Waals surface area contributed by atoms with Crippen molar-refractivity contribution in [2.75, 3.05) is 12.0 Å². The van der Waals surface area contributed by atoms with Crippen LogP contribution >= 0.6 is 11.8 Å². The molecule has 1 amide bonds. The molecule has 2 rings (SSSR count). The van der Waals surface area contributed by atoms with Crippen LogP contribution in [0.5, 0.6) is 0 Å². The van der Waals surface area contributed by atoms with Gasteiger partial charge in [-0.1, -0.05) is 6.42 Å². The van der Waals surface area contributed by atoms with Gasteiger partial charge in [-0.15, -0.1) is 0 Å². The van der Waals surface area contributed by atoms with Gasteiger partial charge in [-0.05, 0) is 31.6 Å². The van der Waals surface area contributed by atoms with Crippen LogP contribution in [0.2, 0.25) is 0 Å². The van der Waals surface area contributed by atoms with Gasteiger partial charge in [0, 0.05) is 17.5 Å². The maximum Gasteiger partial charge on any atom is 0.241 e. The minimum atomic E-state index is 0.0184. The molecule has 2 atom stereocenters. The topological polar surface area (TPSA) is 72.9 Å². The molecule has 2 unspecified atom stereocenters. The minimum Gasteiger partial charge on any atom is -0.382 e. The molecule has 100 valence electrons. The lowest BCUT2D eigenvalue weighted by molar-refractivity contribution is -0.122. The largest absolute Gasteiger partial charge is 0.382 e. The molecule has 0 saturated heterocycles. The third-order valence-corrected chi connectivity index (χ3v) is 4.39. The first kappa shape index (κ1) is 13.3. The summed E-state index contributed by atoms with van der Waals surface area (Å²) in [5.41, 5.74) is 5.51. The van der Waals surface area contributed by atoms with Gasteiger partial charge in [0.15, 0.2) is 0 Å². The van der Waals surface area contributed by atoms with E-state index in [0.29, 0.717) is 17.1 Å². The zero-order chi connectivity index (χ0) is 13.0. The normalized spacial score (nSPS) is 23.8. The fourth-order valence-electron chi connectivity index (χ4n) is 2.38. The summed E-state index contributed by atoms with van der Waals surface area (Å²) in [6, 6.07) is 2.01. The first-order valence-corrected chi connectivity index (χ1v) is 7.57. The van der Waals surface area contributed by atoms with E-state index in [1.165, 1.54) is 12.8 Å². The van der Waals surface area contributed by atoms with Crippen molar-refractivity contribution >= 4 is 23.5 Å². The molecule has 1 heterocycles. The molecule has 0 aliphatic heterocycles. The quantitative estimate of drug-likeness (QED) is 0.862. The monoisotopic (exact) mass is 268 g/mol. The van der Waals surface area contributed by atoms with Gasteiger partial charge in [-0.2, -0.15) is 16.9 Å². The number of rotatable bonds is 4. The van der Waals surface area contributed by atoms with Gasteiger partial charge in [0.05, 0.1) is 0 Å². The zero-order valence-electron chi connectivity index (χ0n) is 10.6. The van der Waals surface area contributed by atoms with Crippen molar-refractivity contribution in [1.82, 2.24) is 15.1 Å².